The monoisotopic (exact) mass is 329 g/mol. The second kappa shape index (κ2) is 6.72. The van der Waals surface area contributed by atoms with Gasteiger partial charge in [0.1, 0.15) is 5.82 Å². The summed E-state index contributed by atoms with van der Waals surface area (Å²) in [7, 11) is -2.56. The second-order valence-electron chi connectivity index (χ2n) is 5.30. The number of sulfonamides is 1. The highest BCUT2D eigenvalue weighted by atomic mass is 32.2. The number of amides is 1. The van der Waals surface area contributed by atoms with Crippen LogP contribution >= 0.6 is 0 Å². The van der Waals surface area contributed by atoms with Crippen LogP contribution in [0.15, 0.2) is 23.1 Å². The van der Waals surface area contributed by atoms with Gasteiger partial charge in [-0.25, -0.2) is 12.8 Å². The lowest BCUT2D eigenvalue weighted by Crippen LogP contribution is -2.49. The number of hydrogen-bond donors (Lipinski definition) is 1. The minimum atomic E-state index is -3.90. The third-order valence-corrected chi connectivity index (χ3v) is 5.61. The minimum Gasteiger partial charge on any atom is -0.339 e. The van der Waals surface area contributed by atoms with Gasteiger partial charge in [0.15, 0.2) is 0 Å². The van der Waals surface area contributed by atoms with Crippen LogP contribution in [-0.2, 0) is 14.8 Å². The standard InChI is InChI=1S/C14H20FN3O3S/c1-11-3-4-12(15)9-13(11)22(20,21)17(2)10-14(19)18-7-5-16-6-8-18/h3-4,9,16H,5-8,10H2,1-2H3. The first-order valence-electron chi connectivity index (χ1n) is 7.03. The molecule has 0 radical (unpaired) electrons. The normalized spacial score (nSPS) is 16.1. The molecule has 0 spiro atoms. The molecule has 1 heterocycles. The summed E-state index contributed by atoms with van der Waals surface area (Å²) in [5.74, 6) is -0.868. The molecule has 1 saturated heterocycles. The summed E-state index contributed by atoms with van der Waals surface area (Å²) in [6.45, 7) is 3.87. The number of carbonyl (C=O) groups is 1. The van der Waals surface area contributed by atoms with Crippen LogP contribution in [0.2, 0.25) is 0 Å². The van der Waals surface area contributed by atoms with E-state index in [2.05, 4.69) is 5.32 Å². The van der Waals surface area contributed by atoms with Crippen molar-refractivity contribution in [2.45, 2.75) is 11.8 Å². The Hall–Kier alpha value is -1.51. The number of nitrogens with zero attached hydrogens (tertiary/aromatic N) is 2. The minimum absolute atomic E-state index is 0.108. The van der Waals surface area contributed by atoms with E-state index < -0.39 is 15.8 Å². The highest BCUT2D eigenvalue weighted by molar-refractivity contribution is 7.89. The van der Waals surface area contributed by atoms with Crippen LogP contribution in [0.4, 0.5) is 4.39 Å². The average molecular weight is 329 g/mol. The van der Waals surface area contributed by atoms with Gasteiger partial charge in [0, 0.05) is 33.2 Å². The maximum absolute atomic E-state index is 13.3. The molecule has 1 amide bonds. The van der Waals surface area contributed by atoms with Crippen molar-refractivity contribution in [1.29, 1.82) is 0 Å². The molecule has 2 rings (SSSR count). The highest BCUT2D eigenvalue weighted by Gasteiger charge is 2.27. The lowest BCUT2D eigenvalue weighted by Gasteiger charge is -2.29. The van der Waals surface area contributed by atoms with Gasteiger partial charge in [-0.2, -0.15) is 4.31 Å². The Kier molecular flexibility index (Phi) is 5.15. The third-order valence-electron chi connectivity index (χ3n) is 3.67. The number of nitrogens with one attached hydrogen (secondary N) is 1. The molecule has 6 nitrogen and oxygen atoms in total. The zero-order chi connectivity index (χ0) is 16.3. The Morgan fingerprint density at radius 2 is 2.00 bits per heavy atom. The maximum atomic E-state index is 13.3. The average Bonchev–Trinajstić information content (AvgIpc) is 2.50. The number of benzene rings is 1. The number of piperazine rings is 1. The molecular weight excluding hydrogens is 309 g/mol. The van der Waals surface area contributed by atoms with E-state index >= 15 is 0 Å². The third kappa shape index (κ3) is 3.63. The van der Waals surface area contributed by atoms with E-state index in [1.807, 2.05) is 0 Å². The summed E-state index contributed by atoms with van der Waals surface area (Å²) in [6.07, 6.45) is 0. The van der Waals surface area contributed by atoms with Crippen LogP contribution in [0.5, 0.6) is 0 Å². The first-order chi connectivity index (χ1) is 10.3. The molecule has 0 aliphatic carbocycles. The van der Waals surface area contributed by atoms with Crippen LogP contribution < -0.4 is 5.32 Å². The number of likely N-dealkylation sites (N-methyl/N-ethyl adjacent to an activating group) is 1. The Labute approximate surface area is 130 Å². The summed E-state index contributed by atoms with van der Waals surface area (Å²) in [6, 6.07) is 3.60. The number of hydrogen-bond acceptors (Lipinski definition) is 4. The van der Waals surface area contributed by atoms with E-state index in [1.165, 1.54) is 19.2 Å². The summed E-state index contributed by atoms with van der Waals surface area (Å²) < 4.78 is 39.3. The molecule has 0 bridgehead atoms. The van der Waals surface area contributed by atoms with Gasteiger partial charge < -0.3 is 10.2 Å². The van der Waals surface area contributed by atoms with E-state index in [1.54, 1.807) is 11.8 Å². The van der Waals surface area contributed by atoms with Crippen molar-refractivity contribution in [3.05, 3.63) is 29.6 Å². The molecule has 0 unspecified atom stereocenters. The van der Waals surface area contributed by atoms with Crippen molar-refractivity contribution in [1.82, 2.24) is 14.5 Å². The number of aryl methyl sites for hydroxylation is 1. The van der Waals surface area contributed by atoms with Crippen molar-refractivity contribution in [2.24, 2.45) is 0 Å². The van der Waals surface area contributed by atoms with Gasteiger partial charge in [0.25, 0.3) is 0 Å². The predicted molar refractivity (Wildman–Crippen MR) is 80.4 cm³/mol. The quantitative estimate of drug-likeness (QED) is 0.856. The number of carbonyl (C=O) groups excluding carboxylic acids is 1. The Bertz CT molecular complexity index is 657. The van der Waals surface area contributed by atoms with Gasteiger partial charge in [-0.1, -0.05) is 6.07 Å². The predicted octanol–water partition coefficient (Wildman–Crippen LogP) is 0.186. The summed E-state index contributed by atoms with van der Waals surface area (Å²) in [5.41, 5.74) is 0.447. The molecule has 1 fully saturated rings. The molecule has 1 aromatic rings. The zero-order valence-electron chi connectivity index (χ0n) is 12.7. The van der Waals surface area contributed by atoms with Crippen molar-refractivity contribution in [3.8, 4) is 0 Å². The molecule has 22 heavy (non-hydrogen) atoms. The largest absolute Gasteiger partial charge is 0.339 e. The molecule has 1 N–H and O–H groups in total. The summed E-state index contributed by atoms with van der Waals surface area (Å²) in [5, 5.41) is 3.13. The summed E-state index contributed by atoms with van der Waals surface area (Å²) >= 11 is 0. The van der Waals surface area contributed by atoms with Crippen LogP contribution in [0.25, 0.3) is 0 Å². The molecule has 0 atom stereocenters. The molecule has 1 aliphatic rings. The second-order valence-corrected chi connectivity index (χ2v) is 7.31. The van der Waals surface area contributed by atoms with Crippen molar-refractivity contribution < 1.29 is 17.6 Å². The fourth-order valence-electron chi connectivity index (χ4n) is 2.31. The first-order valence-corrected chi connectivity index (χ1v) is 8.47. The Balaban J connectivity index is 2.15. The molecule has 122 valence electrons. The topological polar surface area (TPSA) is 69.7 Å². The van der Waals surface area contributed by atoms with Gasteiger partial charge >= 0.3 is 0 Å². The molecule has 0 aromatic heterocycles. The molecule has 1 aromatic carbocycles. The van der Waals surface area contributed by atoms with E-state index in [0.717, 1.165) is 10.4 Å². The zero-order valence-corrected chi connectivity index (χ0v) is 13.5. The Morgan fingerprint density at radius 3 is 2.64 bits per heavy atom. The molecule has 1 aliphatic heterocycles. The number of rotatable bonds is 4. The lowest BCUT2D eigenvalue weighted by atomic mass is 10.2. The molecule has 8 heteroatoms. The first kappa shape index (κ1) is 16.9. The smallest absolute Gasteiger partial charge is 0.243 e. The lowest BCUT2D eigenvalue weighted by molar-refractivity contribution is -0.131. The van der Waals surface area contributed by atoms with Gasteiger partial charge in [0.2, 0.25) is 15.9 Å². The van der Waals surface area contributed by atoms with Crippen LogP contribution in [0.1, 0.15) is 5.56 Å². The summed E-state index contributed by atoms with van der Waals surface area (Å²) in [4.78, 5) is 13.7. The number of halogens is 1. The van der Waals surface area contributed by atoms with E-state index in [-0.39, 0.29) is 17.3 Å². The van der Waals surface area contributed by atoms with Crippen LogP contribution in [-0.4, -0.2) is 63.3 Å². The van der Waals surface area contributed by atoms with Gasteiger partial charge in [-0.15, -0.1) is 0 Å². The SMILES string of the molecule is Cc1ccc(F)cc1S(=O)(=O)N(C)CC(=O)N1CCNCC1. The van der Waals surface area contributed by atoms with E-state index in [0.29, 0.717) is 31.7 Å². The molecular formula is C14H20FN3O3S. The van der Waals surface area contributed by atoms with Crippen molar-refractivity contribution in [2.75, 3.05) is 39.8 Å². The fourth-order valence-corrected chi connectivity index (χ4v) is 3.66. The molecule has 0 saturated carbocycles. The highest BCUT2D eigenvalue weighted by Crippen LogP contribution is 2.20. The van der Waals surface area contributed by atoms with Gasteiger partial charge in [0.05, 0.1) is 11.4 Å². The Morgan fingerprint density at radius 1 is 1.36 bits per heavy atom. The van der Waals surface area contributed by atoms with Crippen molar-refractivity contribution >= 4 is 15.9 Å². The van der Waals surface area contributed by atoms with Gasteiger partial charge in [-0.05, 0) is 24.6 Å². The van der Waals surface area contributed by atoms with E-state index in [4.69, 9.17) is 0 Å². The maximum Gasteiger partial charge on any atom is 0.243 e. The van der Waals surface area contributed by atoms with Crippen LogP contribution in [0, 0.1) is 12.7 Å². The van der Waals surface area contributed by atoms with E-state index in [9.17, 15) is 17.6 Å². The fraction of sp³-hybridized carbons (Fsp3) is 0.500. The van der Waals surface area contributed by atoms with Crippen molar-refractivity contribution in [3.63, 3.8) is 0 Å². The van der Waals surface area contributed by atoms with Gasteiger partial charge in [-0.3, -0.25) is 4.79 Å². The van der Waals surface area contributed by atoms with Crippen LogP contribution in [0.3, 0.4) is 0 Å².